The summed E-state index contributed by atoms with van der Waals surface area (Å²) < 4.78 is 0. The maximum absolute atomic E-state index is 4.52. The standard InChI is InChI=1S/C13H20S/c1-3-7-11(8-4-2)12-9-5-6-10-13(12)14/h5-6,9-11,14H,3-4,7-8H2,1-2H3. The van der Waals surface area contributed by atoms with Crippen molar-refractivity contribution in [2.45, 2.75) is 50.3 Å². The minimum absolute atomic E-state index is 0.707. The molecule has 0 heterocycles. The van der Waals surface area contributed by atoms with Crippen LogP contribution < -0.4 is 0 Å². The van der Waals surface area contributed by atoms with Crippen molar-refractivity contribution in [3.05, 3.63) is 29.8 Å². The smallest absolute Gasteiger partial charge is 0.00748 e. The summed E-state index contributed by atoms with van der Waals surface area (Å²) >= 11 is 4.52. The van der Waals surface area contributed by atoms with Crippen LogP contribution in [0, 0.1) is 0 Å². The minimum Gasteiger partial charge on any atom is -0.143 e. The highest BCUT2D eigenvalue weighted by molar-refractivity contribution is 7.80. The number of thiol groups is 1. The highest BCUT2D eigenvalue weighted by atomic mass is 32.1. The van der Waals surface area contributed by atoms with Crippen LogP contribution in [0.3, 0.4) is 0 Å². The lowest BCUT2D eigenvalue weighted by Crippen LogP contribution is -1.99. The molecule has 0 aliphatic rings. The molecule has 1 heteroatoms. The summed E-state index contributed by atoms with van der Waals surface area (Å²) in [7, 11) is 0. The SMILES string of the molecule is CCCC(CCC)c1ccccc1S. The van der Waals surface area contributed by atoms with Crippen molar-refractivity contribution in [1.82, 2.24) is 0 Å². The molecule has 0 aromatic heterocycles. The second-order valence-corrected chi connectivity index (χ2v) is 4.31. The van der Waals surface area contributed by atoms with Gasteiger partial charge in [-0.15, -0.1) is 12.6 Å². The third-order valence-electron chi connectivity index (χ3n) is 2.65. The summed E-state index contributed by atoms with van der Waals surface area (Å²) in [5.74, 6) is 0.707. The van der Waals surface area contributed by atoms with Gasteiger partial charge < -0.3 is 0 Å². The van der Waals surface area contributed by atoms with Gasteiger partial charge in [0.1, 0.15) is 0 Å². The van der Waals surface area contributed by atoms with Crippen molar-refractivity contribution in [1.29, 1.82) is 0 Å². The van der Waals surface area contributed by atoms with E-state index < -0.39 is 0 Å². The van der Waals surface area contributed by atoms with Crippen LogP contribution in [0.4, 0.5) is 0 Å². The van der Waals surface area contributed by atoms with Crippen molar-refractivity contribution in [2.24, 2.45) is 0 Å². The van der Waals surface area contributed by atoms with Gasteiger partial charge in [0.2, 0.25) is 0 Å². The number of benzene rings is 1. The van der Waals surface area contributed by atoms with E-state index >= 15 is 0 Å². The molecular formula is C13H20S. The fourth-order valence-electron chi connectivity index (χ4n) is 1.99. The molecule has 0 spiro atoms. The van der Waals surface area contributed by atoms with Crippen molar-refractivity contribution in [3.8, 4) is 0 Å². The molecule has 0 saturated heterocycles. The predicted octanol–water partition coefficient (Wildman–Crippen LogP) is 4.66. The summed E-state index contributed by atoms with van der Waals surface area (Å²) in [5, 5.41) is 0. The molecule has 0 saturated carbocycles. The topological polar surface area (TPSA) is 0 Å². The van der Waals surface area contributed by atoms with Gasteiger partial charge in [-0.1, -0.05) is 44.9 Å². The Morgan fingerprint density at radius 1 is 1.07 bits per heavy atom. The Morgan fingerprint density at radius 3 is 2.14 bits per heavy atom. The Morgan fingerprint density at radius 2 is 1.64 bits per heavy atom. The molecule has 14 heavy (non-hydrogen) atoms. The first kappa shape index (κ1) is 11.6. The molecule has 0 radical (unpaired) electrons. The lowest BCUT2D eigenvalue weighted by atomic mass is 9.90. The van der Waals surface area contributed by atoms with Gasteiger partial charge in [0, 0.05) is 4.90 Å². The van der Waals surface area contributed by atoms with Crippen LogP contribution in [0.1, 0.15) is 51.0 Å². The minimum atomic E-state index is 0.707. The zero-order valence-electron chi connectivity index (χ0n) is 9.16. The molecule has 0 aliphatic carbocycles. The summed E-state index contributed by atoms with van der Waals surface area (Å²) in [6.45, 7) is 4.51. The Kier molecular flexibility index (Phi) is 5.10. The van der Waals surface area contributed by atoms with E-state index in [-0.39, 0.29) is 0 Å². The maximum atomic E-state index is 4.52. The molecule has 0 atom stereocenters. The molecule has 1 rings (SSSR count). The van der Waals surface area contributed by atoms with Crippen molar-refractivity contribution >= 4 is 12.6 Å². The highest BCUT2D eigenvalue weighted by Crippen LogP contribution is 2.30. The van der Waals surface area contributed by atoms with Crippen LogP contribution >= 0.6 is 12.6 Å². The summed E-state index contributed by atoms with van der Waals surface area (Å²) in [4.78, 5) is 1.15. The van der Waals surface area contributed by atoms with Crippen LogP contribution in [-0.4, -0.2) is 0 Å². The van der Waals surface area contributed by atoms with E-state index in [0.717, 1.165) is 4.90 Å². The van der Waals surface area contributed by atoms with Crippen molar-refractivity contribution in [3.63, 3.8) is 0 Å². The molecule has 78 valence electrons. The fraction of sp³-hybridized carbons (Fsp3) is 0.538. The molecule has 0 N–H and O–H groups in total. The van der Waals surface area contributed by atoms with E-state index in [9.17, 15) is 0 Å². The summed E-state index contributed by atoms with van der Waals surface area (Å²) in [6.07, 6.45) is 5.08. The Bertz CT molecular complexity index is 262. The van der Waals surface area contributed by atoms with Gasteiger partial charge >= 0.3 is 0 Å². The van der Waals surface area contributed by atoms with E-state index in [0.29, 0.717) is 5.92 Å². The first-order chi connectivity index (χ1) is 6.79. The largest absolute Gasteiger partial charge is 0.143 e. The van der Waals surface area contributed by atoms with Crippen LogP contribution in [0.5, 0.6) is 0 Å². The third kappa shape index (κ3) is 3.06. The molecular weight excluding hydrogens is 188 g/mol. The lowest BCUT2D eigenvalue weighted by Gasteiger charge is -2.17. The third-order valence-corrected chi connectivity index (χ3v) is 3.06. The molecule has 1 aromatic rings. The molecule has 0 fully saturated rings. The molecule has 0 amide bonds. The van der Waals surface area contributed by atoms with E-state index in [1.807, 2.05) is 0 Å². The molecule has 0 aliphatic heterocycles. The Balaban J connectivity index is 2.81. The fourth-order valence-corrected chi connectivity index (χ4v) is 2.33. The normalized spacial score (nSPS) is 10.9. The molecule has 0 nitrogen and oxygen atoms in total. The second kappa shape index (κ2) is 6.13. The van der Waals surface area contributed by atoms with Crippen molar-refractivity contribution < 1.29 is 0 Å². The first-order valence-corrected chi connectivity index (χ1v) is 6.02. The van der Waals surface area contributed by atoms with Crippen LogP contribution in [0.25, 0.3) is 0 Å². The molecule has 0 unspecified atom stereocenters. The van der Waals surface area contributed by atoms with Gasteiger partial charge in [0.15, 0.2) is 0 Å². The van der Waals surface area contributed by atoms with E-state index in [2.05, 4.69) is 50.7 Å². The Hall–Kier alpha value is -0.430. The first-order valence-electron chi connectivity index (χ1n) is 5.57. The molecule has 1 aromatic carbocycles. The van der Waals surface area contributed by atoms with E-state index in [1.54, 1.807) is 0 Å². The average molecular weight is 208 g/mol. The van der Waals surface area contributed by atoms with E-state index in [1.165, 1.54) is 31.2 Å². The maximum Gasteiger partial charge on any atom is 0.00748 e. The van der Waals surface area contributed by atoms with Crippen LogP contribution in [0.15, 0.2) is 29.2 Å². The summed E-state index contributed by atoms with van der Waals surface area (Å²) in [5.41, 5.74) is 1.43. The van der Waals surface area contributed by atoms with Gasteiger partial charge in [-0.25, -0.2) is 0 Å². The van der Waals surface area contributed by atoms with Crippen LogP contribution in [0.2, 0.25) is 0 Å². The zero-order chi connectivity index (χ0) is 10.4. The average Bonchev–Trinajstić information content (AvgIpc) is 2.18. The van der Waals surface area contributed by atoms with Gasteiger partial charge in [-0.05, 0) is 30.4 Å². The molecule has 0 bridgehead atoms. The monoisotopic (exact) mass is 208 g/mol. The van der Waals surface area contributed by atoms with Crippen LogP contribution in [-0.2, 0) is 0 Å². The second-order valence-electron chi connectivity index (χ2n) is 3.83. The zero-order valence-corrected chi connectivity index (χ0v) is 10.1. The number of hydrogen-bond acceptors (Lipinski definition) is 1. The predicted molar refractivity (Wildman–Crippen MR) is 66.3 cm³/mol. The van der Waals surface area contributed by atoms with Crippen molar-refractivity contribution in [2.75, 3.05) is 0 Å². The Labute approximate surface area is 93.1 Å². The van der Waals surface area contributed by atoms with Gasteiger partial charge in [0.25, 0.3) is 0 Å². The number of hydrogen-bond donors (Lipinski definition) is 1. The summed E-state index contributed by atoms with van der Waals surface area (Å²) in [6, 6.07) is 8.49. The quantitative estimate of drug-likeness (QED) is 0.668. The number of rotatable bonds is 5. The lowest BCUT2D eigenvalue weighted by molar-refractivity contribution is 0.554. The van der Waals surface area contributed by atoms with E-state index in [4.69, 9.17) is 0 Å². The van der Waals surface area contributed by atoms with Gasteiger partial charge in [-0.2, -0.15) is 0 Å². The van der Waals surface area contributed by atoms with Gasteiger partial charge in [-0.3, -0.25) is 0 Å². The van der Waals surface area contributed by atoms with Gasteiger partial charge in [0.05, 0.1) is 0 Å². The highest BCUT2D eigenvalue weighted by Gasteiger charge is 2.11.